The van der Waals surface area contributed by atoms with Gasteiger partial charge in [-0.3, -0.25) is 0 Å². The third-order valence-electron chi connectivity index (χ3n) is 3.68. The molecule has 1 aliphatic carbocycles. The highest BCUT2D eigenvalue weighted by atomic mass is 16.5. The van der Waals surface area contributed by atoms with Gasteiger partial charge in [0.15, 0.2) is 0 Å². The second-order valence-electron chi connectivity index (χ2n) is 5.36. The minimum absolute atomic E-state index is 0.247. The first-order chi connectivity index (χ1) is 8.68. The van der Waals surface area contributed by atoms with Crippen LogP contribution in [-0.4, -0.2) is 13.2 Å². The Hall–Kier alpha value is -1.50. The number of hydrogen-bond donors (Lipinski definition) is 1. The van der Waals surface area contributed by atoms with Crippen LogP contribution in [0, 0.1) is 17.3 Å². The van der Waals surface area contributed by atoms with Crippen molar-refractivity contribution in [3.63, 3.8) is 0 Å². The van der Waals surface area contributed by atoms with Gasteiger partial charge in [0, 0.05) is 16.5 Å². The van der Waals surface area contributed by atoms with Crippen molar-refractivity contribution >= 4 is 5.69 Å². The molecule has 18 heavy (non-hydrogen) atoms. The third-order valence-corrected chi connectivity index (χ3v) is 3.68. The number of fused-ring (bicyclic) bond motifs is 1. The van der Waals surface area contributed by atoms with Crippen LogP contribution < -0.4 is 10.9 Å². The van der Waals surface area contributed by atoms with Crippen molar-refractivity contribution in [2.45, 2.75) is 26.4 Å². The average Bonchev–Trinajstić information content (AvgIpc) is 3.13. The maximum absolute atomic E-state index is 6.01. The molecule has 94 valence electrons. The SMILES string of the molecule is CC1(C#Cc2cccc3c2COCCN3N)CC1. The smallest absolute Gasteiger partial charge is 0.0750 e. The van der Waals surface area contributed by atoms with Crippen molar-refractivity contribution in [2.24, 2.45) is 11.3 Å². The van der Waals surface area contributed by atoms with Crippen LogP contribution in [0.1, 0.15) is 30.9 Å². The van der Waals surface area contributed by atoms with E-state index in [1.165, 1.54) is 12.8 Å². The van der Waals surface area contributed by atoms with Crippen LogP contribution in [0.15, 0.2) is 18.2 Å². The van der Waals surface area contributed by atoms with Gasteiger partial charge in [-0.05, 0) is 31.9 Å². The molecule has 1 aromatic rings. The second kappa shape index (κ2) is 4.31. The molecule has 3 rings (SSSR count). The molecule has 3 nitrogen and oxygen atoms in total. The summed E-state index contributed by atoms with van der Waals surface area (Å²) in [6.45, 7) is 4.20. The number of benzene rings is 1. The first kappa shape index (κ1) is 11.6. The lowest BCUT2D eigenvalue weighted by Crippen LogP contribution is -2.33. The van der Waals surface area contributed by atoms with E-state index < -0.39 is 0 Å². The van der Waals surface area contributed by atoms with Gasteiger partial charge in [-0.1, -0.05) is 17.9 Å². The van der Waals surface area contributed by atoms with E-state index in [4.69, 9.17) is 10.6 Å². The standard InChI is InChI=1S/C15H18N2O/c1-15(7-8-15)6-5-12-3-2-4-14-13(12)11-18-10-9-17(14)16/h2-4H,7-11,16H2,1H3. The summed E-state index contributed by atoms with van der Waals surface area (Å²) in [6, 6.07) is 6.11. The summed E-state index contributed by atoms with van der Waals surface area (Å²) in [7, 11) is 0. The zero-order valence-electron chi connectivity index (χ0n) is 10.7. The van der Waals surface area contributed by atoms with Gasteiger partial charge in [-0.15, -0.1) is 0 Å². The van der Waals surface area contributed by atoms with Crippen LogP contribution in [0.25, 0.3) is 0 Å². The summed E-state index contributed by atoms with van der Waals surface area (Å²) in [4.78, 5) is 0. The fraction of sp³-hybridized carbons (Fsp3) is 0.467. The van der Waals surface area contributed by atoms with Gasteiger partial charge in [0.2, 0.25) is 0 Å². The van der Waals surface area contributed by atoms with E-state index in [9.17, 15) is 0 Å². The van der Waals surface area contributed by atoms with E-state index in [0.29, 0.717) is 13.2 Å². The Labute approximate surface area is 108 Å². The van der Waals surface area contributed by atoms with E-state index in [0.717, 1.165) is 23.4 Å². The van der Waals surface area contributed by atoms with Crippen molar-refractivity contribution in [3.05, 3.63) is 29.3 Å². The highest BCUT2D eigenvalue weighted by Gasteiger charge is 2.35. The summed E-state index contributed by atoms with van der Waals surface area (Å²) < 4.78 is 5.59. The molecule has 0 saturated heterocycles. The number of nitrogens with two attached hydrogens (primary N) is 1. The second-order valence-corrected chi connectivity index (χ2v) is 5.36. The van der Waals surface area contributed by atoms with Gasteiger partial charge in [0.05, 0.1) is 25.4 Å². The fourth-order valence-corrected chi connectivity index (χ4v) is 2.10. The zero-order chi connectivity index (χ0) is 12.6. The number of hydrazine groups is 1. The lowest BCUT2D eigenvalue weighted by Gasteiger charge is -2.18. The normalized spacial score (nSPS) is 20.4. The number of hydrogen-bond acceptors (Lipinski definition) is 3. The molecular formula is C15H18N2O. The van der Waals surface area contributed by atoms with Crippen molar-refractivity contribution in [3.8, 4) is 11.8 Å². The molecular weight excluding hydrogens is 224 g/mol. The van der Waals surface area contributed by atoms with E-state index in [1.807, 2.05) is 12.1 Å². The van der Waals surface area contributed by atoms with Crippen LogP contribution in [-0.2, 0) is 11.3 Å². The Morgan fingerprint density at radius 1 is 1.39 bits per heavy atom. The average molecular weight is 242 g/mol. The topological polar surface area (TPSA) is 38.5 Å². The Balaban J connectivity index is 1.99. The number of ether oxygens (including phenoxy) is 1. The number of nitrogens with zero attached hydrogens (tertiary/aromatic N) is 1. The molecule has 1 heterocycles. The van der Waals surface area contributed by atoms with E-state index in [1.54, 1.807) is 5.01 Å². The molecule has 0 atom stereocenters. The van der Waals surface area contributed by atoms with Crippen LogP contribution in [0.5, 0.6) is 0 Å². The first-order valence-corrected chi connectivity index (χ1v) is 6.43. The number of anilines is 1. The summed E-state index contributed by atoms with van der Waals surface area (Å²) in [6.07, 6.45) is 2.43. The van der Waals surface area contributed by atoms with Crippen LogP contribution in [0.3, 0.4) is 0 Å². The third kappa shape index (κ3) is 2.22. The van der Waals surface area contributed by atoms with Crippen molar-refractivity contribution < 1.29 is 4.74 Å². The quantitative estimate of drug-likeness (QED) is 0.559. The lowest BCUT2D eigenvalue weighted by atomic mass is 10.0. The molecule has 3 heteroatoms. The highest BCUT2D eigenvalue weighted by Crippen LogP contribution is 2.44. The Morgan fingerprint density at radius 2 is 2.22 bits per heavy atom. The van der Waals surface area contributed by atoms with E-state index >= 15 is 0 Å². The van der Waals surface area contributed by atoms with E-state index in [-0.39, 0.29) is 5.41 Å². The van der Waals surface area contributed by atoms with Gasteiger partial charge in [-0.2, -0.15) is 0 Å². The summed E-state index contributed by atoms with van der Waals surface area (Å²) >= 11 is 0. The maximum atomic E-state index is 6.01. The predicted octanol–water partition coefficient (Wildman–Crippen LogP) is 2.05. The van der Waals surface area contributed by atoms with Gasteiger partial charge < -0.3 is 9.75 Å². The minimum Gasteiger partial charge on any atom is -0.375 e. The Bertz CT molecular complexity index is 523. The van der Waals surface area contributed by atoms with Crippen molar-refractivity contribution in [2.75, 3.05) is 18.2 Å². The van der Waals surface area contributed by atoms with Crippen LogP contribution in [0.4, 0.5) is 5.69 Å². The van der Waals surface area contributed by atoms with Gasteiger partial charge >= 0.3 is 0 Å². The highest BCUT2D eigenvalue weighted by molar-refractivity contribution is 5.60. The van der Waals surface area contributed by atoms with Crippen molar-refractivity contribution in [1.29, 1.82) is 0 Å². The molecule has 0 unspecified atom stereocenters. The molecule has 2 N–H and O–H groups in total. The fourth-order valence-electron chi connectivity index (χ4n) is 2.10. The molecule has 0 spiro atoms. The molecule has 0 radical (unpaired) electrons. The minimum atomic E-state index is 0.247. The van der Waals surface area contributed by atoms with Gasteiger partial charge in [0.25, 0.3) is 0 Å². The van der Waals surface area contributed by atoms with Gasteiger partial charge in [-0.25, -0.2) is 5.84 Å². The van der Waals surface area contributed by atoms with E-state index in [2.05, 4.69) is 24.8 Å². The summed E-state index contributed by atoms with van der Waals surface area (Å²) in [5.41, 5.74) is 3.46. The molecule has 1 saturated carbocycles. The molecule has 1 fully saturated rings. The summed E-state index contributed by atoms with van der Waals surface area (Å²) in [5.74, 6) is 12.7. The van der Waals surface area contributed by atoms with Crippen molar-refractivity contribution in [1.82, 2.24) is 0 Å². The Kier molecular flexibility index (Phi) is 2.77. The molecule has 0 aromatic heterocycles. The van der Waals surface area contributed by atoms with Crippen LogP contribution in [0.2, 0.25) is 0 Å². The molecule has 2 aliphatic rings. The van der Waals surface area contributed by atoms with Crippen LogP contribution >= 0.6 is 0 Å². The number of rotatable bonds is 0. The summed E-state index contributed by atoms with van der Waals surface area (Å²) in [5, 5.41) is 1.76. The molecule has 0 amide bonds. The first-order valence-electron chi connectivity index (χ1n) is 6.43. The maximum Gasteiger partial charge on any atom is 0.0750 e. The Morgan fingerprint density at radius 3 is 3.00 bits per heavy atom. The molecule has 0 bridgehead atoms. The largest absolute Gasteiger partial charge is 0.375 e. The zero-order valence-corrected chi connectivity index (χ0v) is 10.7. The molecule has 1 aromatic carbocycles. The monoisotopic (exact) mass is 242 g/mol. The molecule has 1 aliphatic heterocycles. The van der Waals surface area contributed by atoms with Gasteiger partial charge in [0.1, 0.15) is 0 Å². The lowest BCUT2D eigenvalue weighted by molar-refractivity contribution is 0.132. The predicted molar refractivity (Wildman–Crippen MR) is 71.9 cm³/mol.